The molecule has 0 spiro atoms. The molecule has 0 bridgehead atoms. The van der Waals surface area contributed by atoms with E-state index in [4.69, 9.17) is 0 Å². The van der Waals surface area contributed by atoms with E-state index in [1.54, 1.807) is 0 Å². The Morgan fingerprint density at radius 3 is 2.87 bits per heavy atom. The molecular formula is C11H21N3S. The first-order valence-electron chi connectivity index (χ1n) is 5.37. The molecule has 0 radical (unpaired) electrons. The molecule has 1 rings (SSSR count). The van der Waals surface area contributed by atoms with Gasteiger partial charge in [0.15, 0.2) is 0 Å². The Morgan fingerprint density at radius 2 is 2.27 bits per heavy atom. The topological polar surface area (TPSA) is 29.9 Å². The number of aromatic nitrogens is 2. The van der Waals surface area contributed by atoms with E-state index in [-0.39, 0.29) is 0 Å². The standard InChI is InChI=1S/C11H21N3S/c1-9(2)11-10(8-14(3)13-11)7-12-5-6-15-4/h8-9,12H,5-7H2,1-4H3. The summed E-state index contributed by atoms with van der Waals surface area (Å²) in [6, 6.07) is 0. The molecule has 1 N–H and O–H groups in total. The molecule has 86 valence electrons. The molecule has 0 unspecified atom stereocenters. The van der Waals surface area contributed by atoms with Crippen LogP contribution in [0.1, 0.15) is 31.0 Å². The molecule has 1 heterocycles. The van der Waals surface area contributed by atoms with Gasteiger partial charge in [-0.2, -0.15) is 16.9 Å². The van der Waals surface area contributed by atoms with E-state index < -0.39 is 0 Å². The fraction of sp³-hybridized carbons (Fsp3) is 0.727. The van der Waals surface area contributed by atoms with Gasteiger partial charge in [-0.25, -0.2) is 0 Å². The molecule has 15 heavy (non-hydrogen) atoms. The normalized spacial score (nSPS) is 11.3. The molecule has 0 saturated carbocycles. The quantitative estimate of drug-likeness (QED) is 0.754. The Kier molecular flexibility index (Phi) is 5.19. The lowest BCUT2D eigenvalue weighted by atomic mass is 10.1. The zero-order valence-electron chi connectivity index (χ0n) is 10.1. The van der Waals surface area contributed by atoms with Crippen LogP contribution >= 0.6 is 11.8 Å². The molecule has 0 atom stereocenters. The summed E-state index contributed by atoms with van der Waals surface area (Å²) < 4.78 is 1.90. The largest absolute Gasteiger partial charge is 0.312 e. The van der Waals surface area contributed by atoms with Gasteiger partial charge in [-0.3, -0.25) is 4.68 Å². The molecule has 1 aromatic heterocycles. The predicted molar refractivity (Wildman–Crippen MR) is 67.4 cm³/mol. The average molecular weight is 227 g/mol. The van der Waals surface area contributed by atoms with Crippen LogP contribution in [0.3, 0.4) is 0 Å². The van der Waals surface area contributed by atoms with Gasteiger partial charge in [0.2, 0.25) is 0 Å². The molecule has 0 fully saturated rings. The predicted octanol–water partition coefficient (Wildman–Crippen LogP) is 2.00. The van der Waals surface area contributed by atoms with Gasteiger partial charge < -0.3 is 5.32 Å². The van der Waals surface area contributed by atoms with Gasteiger partial charge in [-0.1, -0.05) is 13.8 Å². The Balaban J connectivity index is 2.52. The van der Waals surface area contributed by atoms with Gasteiger partial charge in [-0.05, 0) is 12.2 Å². The fourth-order valence-corrected chi connectivity index (χ4v) is 1.92. The van der Waals surface area contributed by atoms with Gasteiger partial charge in [0, 0.05) is 37.7 Å². The van der Waals surface area contributed by atoms with Crippen LogP contribution in [0.2, 0.25) is 0 Å². The Hall–Kier alpha value is -0.480. The first-order chi connectivity index (χ1) is 7.15. The van der Waals surface area contributed by atoms with Gasteiger partial charge in [0.05, 0.1) is 5.69 Å². The molecule has 4 heteroatoms. The van der Waals surface area contributed by atoms with Crippen LogP contribution in [0.25, 0.3) is 0 Å². The third-order valence-electron chi connectivity index (χ3n) is 2.28. The SMILES string of the molecule is CSCCNCc1cn(C)nc1C(C)C. The molecule has 0 saturated heterocycles. The number of nitrogens with one attached hydrogen (secondary N) is 1. The maximum atomic E-state index is 4.48. The van der Waals surface area contributed by atoms with Crippen LogP contribution in [0.4, 0.5) is 0 Å². The number of aryl methyl sites for hydroxylation is 1. The van der Waals surface area contributed by atoms with Crippen molar-refractivity contribution in [3.8, 4) is 0 Å². The van der Waals surface area contributed by atoms with E-state index in [2.05, 4.69) is 36.7 Å². The molecule has 0 amide bonds. The van der Waals surface area contributed by atoms with Crippen molar-refractivity contribution in [2.24, 2.45) is 7.05 Å². The highest BCUT2D eigenvalue weighted by molar-refractivity contribution is 7.98. The van der Waals surface area contributed by atoms with Crippen LogP contribution in [0.15, 0.2) is 6.20 Å². The van der Waals surface area contributed by atoms with Crippen molar-refractivity contribution >= 4 is 11.8 Å². The number of rotatable bonds is 6. The average Bonchev–Trinajstić information content (AvgIpc) is 2.55. The van der Waals surface area contributed by atoms with Crippen molar-refractivity contribution in [1.82, 2.24) is 15.1 Å². The lowest BCUT2D eigenvalue weighted by Crippen LogP contribution is -2.17. The maximum Gasteiger partial charge on any atom is 0.0694 e. The molecule has 3 nitrogen and oxygen atoms in total. The monoisotopic (exact) mass is 227 g/mol. The summed E-state index contributed by atoms with van der Waals surface area (Å²) in [4.78, 5) is 0. The zero-order chi connectivity index (χ0) is 11.3. The molecule has 0 aliphatic rings. The van der Waals surface area contributed by atoms with Crippen molar-refractivity contribution in [3.63, 3.8) is 0 Å². The number of thioether (sulfide) groups is 1. The lowest BCUT2D eigenvalue weighted by Gasteiger charge is -2.06. The maximum absolute atomic E-state index is 4.48. The van der Waals surface area contributed by atoms with E-state index in [1.807, 2.05) is 23.5 Å². The second kappa shape index (κ2) is 6.18. The van der Waals surface area contributed by atoms with E-state index in [0.717, 1.165) is 18.8 Å². The summed E-state index contributed by atoms with van der Waals surface area (Å²) in [7, 11) is 1.98. The van der Waals surface area contributed by atoms with Crippen LogP contribution in [-0.4, -0.2) is 28.3 Å². The van der Waals surface area contributed by atoms with Gasteiger partial charge >= 0.3 is 0 Å². The molecular weight excluding hydrogens is 206 g/mol. The van der Waals surface area contributed by atoms with Crippen molar-refractivity contribution in [2.75, 3.05) is 18.6 Å². The first-order valence-corrected chi connectivity index (χ1v) is 6.76. The van der Waals surface area contributed by atoms with Crippen LogP contribution in [0.5, 0.6) is 0 Å². The smallest absolute Gasteiger partial charge is 0.0694 e. The summed E-state index contributed by atoms with van der Waals surface area (Å²) in [6.45, 7) is 6.37. The summed E-state index contributed by atoms with van der Waals surface area (Å²) in [5.41, 5.74) is 2.54. The van der Waals surface area contributed by atoms with Crippen LogP contribution in [-0.2, 0) is 13.6 Å². The second-order valence-corrected chi connectivity index (χ2v) is 5.02. The zero-order valence-corrected chi connectivity index (χ0v) is 10.9. The third-order valence-corrected chi connectivity index (χ3v) is 2.89. The lowest BCUT2D eigenvalue weighted by molar-refractivity contribution is 0.700. The van der Waals surface area contributed by atoms with Crippen molar-refractivity contribution in [2.45, 2.75) is 26.3 Å². The molecule has 1 aromatic rings. The highest BCUT2D eigenvalue weighted by Gasteiger charge is 2.10. The summed E-state index contributed by atoms with van der Waals surface area (Å²) in [6.07, 6.45) is 4.24. The van der Waals surface area contributed by atoms with Crippen molar-refractivity contribution in [1.29, 1.82) is 0 Å². The summed E-state index contributed by atoms with van der Waals surface area (Å²) in [5.74, 6) is 1.67. The summed E-state index contributed by atoms with van der Waals surface area (Å²) in [5, 5.41) is 7.92. The number of hydrogen-bond acceptors (Lipinski definition) is 3. The minimum absolute atomic E-state index is 0.503. The number of nitrogens with zero attached hydrogens (tertiary/aromatic N) is 2. The molecule has 0 aromatic carbocycles. The van der Waals surface area contributed by atoms with Crippen molar-refractivity contribution < 1.29 is 0 Å². The van der Waals surface area contributed by atoms with Gasteiger partial charge in [0.1, 0.15) is 0 Å². The minimum Gasteiger partial charge on any atom is -0.312 e. The third kappa shape index (κ3) is 3.87. The van der Waals surface area contributed by atoms with Crippen molar-refractivity contribution in [3.05, 3.63) is 17.5 Å². The Bertz CT molecular complexity index is 294. The first kappa shape index (κ1) is 12.6. The van der Waals surface area contributed by atoms with Crippen LogP contribution < -0.4 is 5.32 Å². The van der Waals surface area contributed by atoms with Gasteiger partial charge in [0.25, 0.3) is 0 Å². The van der Waals surface area contributed by atoms with E-state index >= 15 is 0 Å². The second-order valence-electron chi connectivity index (χ2n) is 4.04. The Morgan fingerprint density at radius 1 is 1.53 bits per heavy atom. The number of hydrogen-bond donors (Lipinski definition) is 1. The molecule has 0 aliphatic carbocycles. The van der Waals surface area contributed by atoms with Crippen LogP contribution in [0, 0.1) is 0 Å². The van der Waals surface area contributed by atoms with E-state index in [9.17, 15) is 0 Å². The fourth-order valence-electron chi connectivity index (χ4n) is 1.57. The molecule has 0 aliphatic heterocycles. The minimum atomic E-state index is 0.503. The Labute approximate surface area is 96.6 Å². The highest BCUT2D eigenvalue weighted by Crippen LogP contribution is 2.16. The van der Waals surface area contributed by atoms with E-state index in [0.29, 0.717) is 5.92 Å². The summed E-state index contributed by atoms with van der Waals surface area (Å²) >= 11 is 1.87. The van der Waals surface area contributed by atoms with Gasteiger partial charge in [-0.15, -0.1) is 0 Å². The van der Waals surface area contributed by atoms with E-state index in [1.165, 1.54) is 11.3 Å². The highest BCUT2D eigenvalue weighted by atomic mass is 32.2.